The number of ether oxygens (including phenoxy) is 3. The first-order valence-electron chi connectivity index (χ1n) is 16.7. The van der Waals surface area contributed by atoms with E-state index in [1.165, 1.54) is 13.4 Å². The van der Waals surface area contributed by atoms with E-state index in [2.05, 4.69) is 38.8 Å². The molecule has 0 saturated carbocycles. The number of carbonyl (C=O) groups is 2. The summed E-state index contributed by atoms with van der Waals surface area (Å²) in [5, 5.41) is 22.8. The zero-order valence-electron chi connectivity index (χ0n) is 28.4. The zero-order chi connectivity index (χ0) is 35.6. The van der Waals surface area contributed by atoms with E-state index < -0.39 is 24.3 Å². The predicted octanol–water partition coefficient (Wildman–Crippen LogP) is 6.13. The van der Waals surface area contributed by atoms with E-state index >= 15 is 0 Å². The fourth-order valence-corrected chi connectivity index (χ4v) is 6.98. The molecule has 1 aliphatic rings. The van der Waals surface area contributed by atoms with Crippen molar-refractivity contribution in [3.8, 4) is 11.1 Å². The number of H-pyrrole nitrogens is 1. The quantitative estimate of drug-likeness (QED) is 0.0838. The highest BCUT2D eigenvalue weighted by atomic mass is 32.2. The van der Waals surface area contributed by atoms with Crippen molar-refractivity contribution in [1.82, 2.24) is 25.8 Å². The van der Waals surface area contributed by atoms with Crippen molar-refractivity contribution in [2.24, 2.45) is 5.92 Å². The number of aliphatic hydroxyl groups is 1. The third-order valence-corrected chi connectivity index (χ3v) is 9.81. The molecule has 4 aromatic carbocycles. The molecular formula is C39H41N5O6S. The van der Waals surface area contributed by atoms with Crippen LogP contribution >= 0.6 is 11.8 Å². The second-order valence-corrected chi connectivity index (χ2v) is 13.4. The highest BCUT2D eigenvalue weighted by Crippen LogP contribution is 2.43. The molecule has 6 rings (SSSR count). The average Bonchev–Trinajstić information content (AvgIpc) is 3.71. The summed E-state index contributed by atoms with van der Waals surface area (Å²) in [4.78, 5) is 29.5. The summed E-state index contributed by atoms with van der Waals surface area (Å²) in [6.07, 6.45) is 0.780. The van der Waals surface area contributed by atoms with Crippen molar-refractivity contribution in [3.63, 3.8) is 0 Å². The van der Waals surface area contributed by atoms with Crippen LogP contribution in [0.4, 0.5) is 4.79 Å². The summed E-state index contributed by atoms with van der Waals surface area (Å²) in [6.45, 7) is 2.36. The predicted molar refractivity (Wildman–Crippen MR) is 193 cm³/mol. The molecule has 0 unspecified atom stereocenters. The first-order valence-corrected chi connectivity index (χ1v) is 17.7. The minimum Gasteiger partial charge on any atom is -0.467 e. The summed E-state index contributed by atoms with van der Waals surface area (Å²) in [5.74, 6) is 0.167. The second-order valence-electron chi connectivity index (χ2n) is 12.3. The number of benzene rings is 4. The van der Waals surface area contributed by atoms with Crippen LogP contribution in [0.3, 0.4) is 0 Å². The van der Waals surface area contributed by atoms with Gasteiger partial charge in [0.15, 0.2) is 11.4 Å². The van der Waals surface area contributed by atoms with Gasteiger partial charge in [0.2, 0.25) is 0 Å². The number of amides is 2. The number of hydrogen-bond donors (Lipinski definition) is 4. The molecule has 5 aromatic rings. The van der Waals surface area contributed by atoms with Crippen LogP contribution in [0.5, 0.6) is 0 Å². The summed E-state index contributed by atoms with van der Waals surface area (Å²) in [7, 11) is 1.31. The monoisotopic (exact) mass is 707 g/mol. The van der Waals surface area contributed by atoms with Gasteiger partial charge in [0.05, 0.1) is 25.9 Å². The topological polar surface area (TPSA) is 148 Å². The molecule has 0 spiro atoms. The molecule has 264 valence electrons. The van der Waals surface area contributed by atoms with Crippen LogP contribution in [0, 0.1) is 5.92 Å². The van der Waals surface area contributed by atoms with Gasteiger partial charge < -0.3 is 30.0 Å². The molecule has 1 saturated heterocycles. The van der Waals surface area contributed by atoms with Gasteiger partial charge >= 0.3 is 12.0 Å². The lowest BCUT2D eigenvalue weighted by atomic mass is 9.91. The first-order chi connectivity index (χ1) is 24.9. The van der Waals surface area contributed by atoms with E-state index in [1.54, 1.807) is 11.8 Å². The number of methoxy groups -OCH3 is 1. The minimum atomic E-state index is -0.821. The van der Waals surface area contributed by atoms with Crippen molar-refractivity contribution >= 4 is 23.8 Å². The smallest absolute Gasteiger partial charge is 0.328 e. The molecule has 0 bridgehead atoms. The number of esters is 1. The van der Waals surface area contributed by atoms with Gasteiger partial charge in [-0.3, -0.25) is 5.10 Å². The minimum absolute atomic E-state index is 0.0224. The first kappa shape index (κ1) is 35.8. The Labute approximate surface area is 301 Å². The van der Waals surface area contributed by atoms with Crippen molar-refractivity contribution in [1.29, 1.82) is 0 Å². The third-order valence-electron chi connectivity index (χ3n) is 8.85. The van der Waals surface area contributed by atoms with Gasteiger partial charge in [-0.1, -0.05) is 110 Å². The van der Waals surface area contributed by atoms with Gasteiger partial charge in [-0.2, -0.15) is 5.10 Å². The summed E-state index contributed by atoms with van der Waals surface area (Å²) in [5.41, 5.74) is 6.46. The highest BCUT2D eigenvalue weighted by molar-refractivity contribution is 7.99. The van der Waals surface area contributed by atoms with E-state index in [1.807, 2.05) is 97.1 Å². The Hall–Kier alpha value is -5.01. The Kier molecular flexibility index (Phi) is 12.1. The molecule has 5 atom stereocenters. The molecule has 4 N–H and O–H groups in total. The van der Waals surface area contributed by atoms with Crippen molar-refractivity contribution < 1.29 is 28.9 Å². The molecule has 12 heteroatoms. The maximum absolute atomic E-state index is 12.9. The Morgan fingerprint density at radius 2 is 1.65 bits per heavy atom. The van der Waals surface area contributed by atoms with Crippen LogP contribution in [-0.2, 0) is 38.6 Å². The maximum atomic E-state index is 12.9. The summed E-state index contributed by atoms with van der Waals surface area (Å²) in [6, 6.07) is 32.0. The molecule has 1 fully saturated rings. The Balaban J connectivity index is 1.15. The largest absolute Gasteiger partial charge is 0.467 e. The normalized spacial score (nSPS) is 19.2. The number of thioether (sulfide) groups is 1. The van der Waals surface area contributed by atoms with Gasteiger partial charge in [0, 0.05) is 30.2 Å². The fraction of sp³-hybridized carbons (Fsp3) is 0.282. The maximum Gasteiger partial charge on any atom is 0.328 e. The Morgan fingerprint density at radius 1 is 0.902 bits per heavy atom. The lowest BCUT2D eigenvalue weighted by molar-refractivity contribution is -0.268. The molecule has 1 aliphatic heterocycles. The molecule has 11 nitrogen and oxygen atoms in total. The lowest BCUT2D eigenvalue weighted by Crippen LogP contribution is -2.47. The standard InChI is InChI=1S/C39H41N5O6S/c1-25-34(23-51-39-41-24-42-44-39)49-37(50-35(25)29-16-14-27(22-45)15-17-29)32-13-7-12-31(20-32)30-11-6-10-28(18-30)21-40-38(47)43-33(36(46)48-2)19-26-8-4-3-5-9-26/h3-18,20,24-25,33-35,37,45H,19,21-23H2,1-2H3,(H2,40,43,47)(H,41,42,44)/t25-,33+,34+,35+,37+/m1/s1. The number of hydrogen-bond acceptors (Lipinski definition) is 9. The van der Waals surface area contributed by atoms with Crippen LogP contribution in [0.1, 0.15) is 47.1 Å². The van der Waals surface area contributed by atoms with Crippen LogP contribution in [0.2, 0.25) is 0 Å². The Morgan fingerprint density at radius 3 is 2.37 bits per heavy atom. The van der Waals surface area contributed by atoms with E-state index in [9.17, 15) is 14.7 Å². The van der Waals surface area contributed by atoms with Crippen molar-refractivity contribution in [3.05, 3.63) is 137 Å². The molecule has 51 heavy (non-hydrogen) atoms. The zero-order valence-corrected chi connectivity index (χ0v) is 29.2. The number of aromatic nitrogens is 3. The lowest BCUT2D eigenvalue weighted by Gasteiger charge is -2.41. The van der Waals surface area contributed by atoms with Crippen LogP contribution in [0.25, 0.3) is 11.1 Å². The molecule has 1 aromatic heterocycles. The molecule has 2 amide bonds. The summed E-state index contributed by atoms with van der Waals surface area (Å²) < 4.78 is 18.2. The van der Waals surface area contributed by atoms with E-state index in [-0.39, 0.29) is 31.3 Å². The summed E-state index contributed by atoms with van der Waals surface area (Å²) >= 11 is 1.55. The van der Waals surface area contributed by atoms with E-state index in [0.717, 1.165) is 44.1 Å². The van der Waals surface area contributed by atoms with Gasteiger partial charge in [-0.05, 0) is 45.5 Å². The number of aromatic amines is 1. The molecule has 0 radical (unpaired) electrons. The molecule has 0 aliphatic carbocycles. The SMILES string of the molecule is COC(=O)[C@H](Cc1ccccc1)NC(=O)NCc1cccc(-c2cccc([C@H]3O[C@@H](CSc4ncn[nH]4)[C@@H](C)[C@@H](c4ccc(CO)cc4)O3)c2)c1. The van der Waals surface area contributed by atoms with Crippen LogP contribution in [-0.4, -0.2) is 57.3 Å². The van der Waals surface area contributed by atoms with E-state index in [4.69, 9.17) is 14.2 Å². The van der Waals surface area contributed by atoms with Gasteiger partial charge in [-0.15, -0.1) is 0 Å². The fourth-order valence-electron chi connectivity index (χ4n) is 6.04. The number of urea groups is 1. The number of aliphatic hydroxyl groups excluding tert-OH is 1. The van der Waals surface area contributed by atoms with E-state index in [0.29, 0.717) is 12.2 Å². The third kappa shape index (κ3) is 9.41. The number of rotatable bonds is 13. The number of carbonyl (C=O) groups excluding carboxylic acids is 2. The number of nitrogens with zero attached hydrogens (tertiary/aromatic N) is 2. The van der Waals surface area contributed by atoms with Gasteiger partial charge in [0.1, 0.15) is 12.4 Å². The van der Waals surface area contributed by atoms with Crippen molar-refractivity contribution in [2.45, 2.75) is 56.2 Å². The van der Waals surface area contributed by atoms with Crippen molar-refractivity contribution in [2.75, 3.05) is 12.9 Å². The second kappa shape index (κ2) is 17.3. The molecule has 2 heterocycles. The van der Waals surface area contributed by atoms with Gasteiger partial charge in [0.25, 0.3) is 0 Å². The average molecular weight is 708 g/mol. The van der Waals surface area contributed by atoms with Gasteiger partial charge in [-0.25, -0.2) is 14.6 Å². The highest BCUT2D eigenvalue weighted by Gasteiger charge is 2.38. The number of nitrogens with one attached hydrogen (secondary N) is 3. The van der Waals surface area contributed by atoms with Crippen LogP contribution < -0.4 is 10.6 Å². The molecular weight excluding hydrogens is 667 g/mol. The Bertz CT molecular complexity index is 1880. The van der Waals surface area contributed by atoms with Crippen LogP contribution in [0.15, 0.2) is 115 Å².